The minimum Gasteiger partial charge on any atom is -0.776 e. The van der Waals surface area contributed by atoms with E-state index in [2.05, 4.69) is 0 Å². The molecule has 2 unspecified atom stereocenters. The second kappa shape index (κ2) is 6.92. The number of rotatable bonds is 6. The van der Waals surface area contributed by atoms with E-state index in [0.29, 0.717) is 0 Å². The Labute approximate surface area is 124 Å². The zero-order chi connectivity index (χ0) is 14.1. The fourth-order valence-electron chi connectivity index (χ4n) is 1.06. The van der Waals surface area contributed by atoms with Gasteiger partial charge < -0.3 is 40.1 Å². The first-order chi connectivity index (χ1) is 7.34. The number of aliphatic hydroxyl groups is 1. The molecule has 0 aromatic carbocycles. The molecular weight excluding hydrogens is 303 g/mol. The zero-order valence-electron chi connectivity index (χ0n) is 9.33. The van der Waals surface area contributed by atoms with Crippen LogP contribution in [0.3, 0.4) is 0 Å². The van der Waals surface area contributed by atoms with E-state index in [1.54, 1.807) is 0 Å². The Kier molecular flexibility index (Phi) is 8.07. The van der Waals surface area contributed by atoms with Crippen LogP contribution in [0.2, 0.25) is 0 Å². The van der Waals surface area contributed by atoms with Crippen molar-refractivity contribution in [2.24, 2.45) is 5.73 Å². The van der Waals surface area contributed by atoms with Crippen LogP contribution in [0.25, 0.3) is 0 Å². The van der Waals surface area contributed by atoms with Gasteiger partial charge in [-0.3, -0.25) is 9.36 Å². The van der Waals surface area contributed by atoms with Gasteiger partial charge >= 0.3 is 43.1 Å². The molecule has 0 heterocycles. The summed E-state index contributed by atoms with van der Waals surface area (Å²) in [5.74, 6) is -1.41. The summed E-state index contributed by atoms with van der Waals surface area (Å²) in [4.78, 5) is 47.0. The molecule has 18 heavy (non-hydrogen) atoms. The molecule has 0 saturated heterocycles. The van der Waals surface area contributed by atoms with Crippen LogP contribution in [-0.2, 0) is 13.9 Å². The second-order valence-corrected chi connectivity index (χ2v) is 7.14. The van der Waals surface area contributed by atoms with Crippen molar-refractivity contribution in [2.75, 3.05) is 0 Å². The predicted octanol–water partition coefficient (Wildman–Crippen LogP) is -5.45. The van der Waals surface area contributed by atoms with Crippen LogP contribution in [0.4, 0.5) is 0 Å². The quantitative estimate of drug-likeness (QED) is 0.203. The van der Waals surface area contributed by atoms with Gasteiger partial charge in [0.1, 0.15) is 0 Å². The van der Waals surface area contributed by atoms with Gasteiger partial charge in [0.2, 0.25) is 5.08 Å². The standard InChI is InChI=1S/C5H13NO9P2.Na/c6-3(1-2-4(7)8)5(9,16(10,11)12)17(13,14)15;/h3,9H,1-2,6H2,(H,7,8)(H2,10,11,12)(H2,13,14,15);/q;+1/p-1/t3-;/m0./s1. The molecule has 0 aliphatic carbocycles. The van der Waals surface area contributed by atoms with Crippen LogP contribution in [-0.4, -0.2) is 42.0 Å². The van der Waals surface area contributed by atoms with Gasteiger partial charge in [0.25, 0.3) is 0 Å². The van der Waals surface area contributed by atoms with E-state index < -0.39 is 45.1 Å². The summed E-state index contributed by atoms with van der Waals surface area (Å²) in [7, 11) is -11.6. The van der Waals surface area contributed by atoms with Gasteiger partial charge in [-0.15, -0.1) is 0 Å². The molecule has 0 aliphatic rings. The normalized spacial score (nSPS) is 20.1. The molecule has 0 bridgehead atoms. The number of aliphatic carboxylic acids is 1. The molecule has 0 spiro atoms. The van der Waals surface area contributed by atoms with Gasteiger partial charge in [-0.25, -0.2) is 0 Å². The van der Waals surface area contributed by atoms with Crippen molar-refractivity contribution in [1.29, 1.82) is 0 Å². The maximum Gasteiger partial charge on any atom is 1.00 e. The number of carbonyl (C=O) groups is 1. The Morgan fingerprint density at radius 3 is 1.94 bits per heavy atom. The van der Waals surface area contributed by atoms with E-state index in [4.69, 9.17) is 25.5 Å². The fraction of sp³-hybridized carbons (Fsp3) is 0.800. The van der Waals surface area contributed by atoms with Crippen molar-refractivity contribution in [3.8, 4) is 0 Å². The molecule has 0 saturated carbocycles. The number of nitrogens with two attached hydrogens (primary N) is 1. The molecular formula is C5H12NNaO9P2. The smallest absolute Gasteiger partial charge is 0.776 e. The Hall–Kier alpha value is 0.690. The average Bonchev–Trinajstić information content (AvgIpc) is 2.08. The molecule has 0 aromatic heterocycles. The molecule has 0 aromatic rings. The summed E-state index contributed by atoms with van der Waals surface area (Å²) in [6.45, 7) is 0. The van der Waals surface area contributed by atoms with Crippen LogP contribution in [0, 0.1) is 0 Å². The topological polar surface area (TPSA) is 201 Å². The summed E-state index contributed by atoms with van der Waals surface area (Å²) in [5, 5.41) is 13.8. The molecule has 0 rings (SSSR count). The van der Waals surface area contributed by atoms with E-state index >= 15 is 0 Å². The first-order valence-corrected chi connectivity index (χ1v) is 7.32. The molecule has 10 nitrogen and oxygen atoms in total. The Morgan fingerprint density at radius 1 is 1.33 bits per heavy atom. The third-order valence-corrected chi connectivity index (χ3v) is 5.90. The van der Waals surface area contributed by atoms with Crippen molar-refractivity contribution in [3.63, 3.8) is 0 Å². The summed E-state index contributed by atoms with van der Waals surface area (Å²) >= 11 is 0. The largest absolute Gasteiger partial charge is 1.00 e. The Balaban J connectivity index is 0. The number of hydrogen-bond donors (Lipinski definition) is 6. The van der Waals surface area contributed by atoms with Gasteiger partial charge in [0, 0.05) is 6.42 Å². The SMILES string of the molecule is N[C@@H](CCC(=O)O)C(O)(P(=O)([O-])O)P(=O)(O)O.[Na+]. The van der Waals surface area contributed by atoms with E-state index in [1.807, 2.05) is 0 Å². The third-order valence-electron chi connectivity index (χ3n) is 2.01. The summed E-state index contributed by atoms with van der Waals surface area (Å²) in [6.07, 6.45) is -1.48. The minimum atomic E-state index is -5.90. The average molecular weight is 315 g/mol. The Morgan fingerprint density at radius 2 is 1.72 bits per heavy atom. The maximum atomic E-state index is 10.9. The first kappa shape index (κ1) is 21.0. The van der Waals surface area contributed by atoms with Gasteiger partial charge in [0.05, 0.1) is 6.04 Å². The third kappa shape index (κ3) is 4.66. The van der Waals surface area contributed by atoms with E-state index in [9.17, 15) is 23.9 Å². The molecule has 0 fully saturated rings. The Bertz CT molecular complexity index is 366. The first-order valence-electron chi connectivity index (χ1n) is 4.13. The fourth-order valence-corrected chi connectivity index (χ4v) is 3.49. The van der Waals surface area contributed by atoms with Crippen molar-refractivity contribution in [2.45, 2.75) is 24.0 Å². The van der Waals surface area contributed by atoms with E-state index in [0.717, 1.165) is 0 Å². The monoisotopic (exact) mass is 315 g/mol. The number of hydrogen-bond acceptors (Lipinski definition) is 6. The van der Waals surface area contributed by atoms with Crippen molar-refractivity contribution < 1.29 is 73.3 Å². The van der Waals surface area contributed by atoms with Gasteiger partial charge in [-0.2, -0.15) is 0 Å². The second-order valence-electron chi connectivity index (χ2n) is 3.29. The summed E-state index contributed by atoms with van der Waals surface area (Å²) < 4.78 is 21.7. The van der Waals surface area contributed by atoms with Crippen molar-refractivity contribution >= 4 is 21.2 Å². The molecule has 13 heteroatoms. The van der Waals surface area contributed by atoms with E-state index in [1.165, 1.54) is 0 Å². The molecule has 0 radical (unpaired) electrons. The molecule has 102 valence electrons. The van der Waals surface area contributed by atoms with Crippen LogP contribution in [0.1, 0.15) is 12.8 Å². The summed E-state index contributed by atoms with van der Waals surface area (Å²) in [6, 6.07) is -2.15. The van der Waals surface area contributed by atoms with Gasteiger partial charge in [-0.05, 0) is 6.42 Å². The molecule has 0 aliphatic heterocycles. The molecule has 7 N–H and O–H groups in total. The maximum absolute atomic E-state index is 10.9. The van der Waals surface area contributed by atoms with Crippen LogP contribution in [0.15, 0.2) is 0 Å². The van der Waals surface area contributed by atoms with Gasteiger partial charge in [0.15, 0.2) is 7.60 Å². The molecule has 0 amide bonds. The zero-order valence-corrected chi connectivity index (χ0v) is 13.1. The van der Waals surface area contributed by atoms with Crippen LogP contribution >= 0.6 is 15.2 Å². The predicted molar refractivity (Wildman–Crippen MR) is 51.7 cm³/mol. The number of carboxylic acid groups (broad SMARTS) is 1. The molecule has 3 atom stereocenters. The van der Waals surface area contributed by atoms with Crippen LogP contribution < -0.4 is 40.2 Å². The van der Waals surface area contributed by atoms with Crippen molar-refractivity contribution in [1.82, 2.24) is 0 Å². The van der Waals surface area contributed by atoms with Crippen molar-refractivity contribution in [3.05, 3.63) is 0 Å². The van der Waals surface area contributed by atoms with Gasteiger partial charge in [-0.1, -0.05) is 0 Å². The van der Waals surface area contributed by atoms with E-state index in [-0.39, 0.29) is 29.6 Å². The van der Waals surface area contributed by atoms with Crippen LogP contribution in [0.5, 0.6) is 0 Å². The number of carboxylic acids is 1. The minimum absolute atomic E-state index is 0. The summed E-state index contributed by atoms with van der Waals surface area (Å²) in [5.41, 5.74) is 5.04.